The normalized spacial score (nSPS) is 10.9. The fourth-order valence-electron chi connectivity index (χ4n) is 3.15. The Labute approximate surface area is 179 Å². The first-order valence-corrected chi connectivity index (χ1v) is 9.55. The second-order valence-electron chi connectivity index (χ2n) is 6.89. The molecular weight excluding hydrogens is 399 g/mol. The summed E-state index contributed by atoms with van der Waals surface area (Å²) in [5.41, 5.74) is 4.04. The number of anilines is 2. The van der Waals surface area contributed by atoms with Gasteiger partial charge in [0.15, 0.2) is 0 Å². The molecule has 0 spiro atoms. The Hall–Kier alpha value is -3.94. The Bertz CT molecular complexity index is 1150. The van der Waals surface area contributed by atoms with Gasteiger partial charge in [-0.1, -0.05) is 0 Å². The van der Waals surface area contributed by atoms with Crippen LogP contribution in [0.2, 0.25) is 0 Å². The van der Waals surface area contributed by atoms with Gasteiger partial charge in [0.1, 0.15) is 11.6 Å². The van der Waals surface area contributed by atoms with E-state index in [9.17, 15) is 14.0 Å². The second-order valence-corrected chi connectivity index (χ2v) is 6.89. The van der Waals surface area contributed by atoms with Crippen LogP contribution in [-0.2, 0) is 9.59 Å². The predicted molar refractivity (Wildman–Crippen MR) is 118 cm³/mol. The molecule has 0 radical (unpaired) electrons. The van der Waals surface area contributed by atoms with Gasteiger partial charge >= 0.3 is 0 Å². The number of nitrogens with one attached hydrogen (secondary N) is 2. The Morgan fingerprint density at radius 3 is 2.45 bits per heavy atom. The molecule has 7 nitrogen and oxygen atoms in total. The summed E-state index contributed by atoms with van der Waals surface area (Å²) in [6.45, 7) is 5.12. The van der Waals surface area contributed by atoms with Crippen LogP contribution in [-0.4, -0.2) is 28.7 Å². The molecular formula is C23H23FN4O3. The highest BCUT2D eigenvalue weighted by atomic mass is 19.1. The Balaban J connectivity index is 1.81. The lowest BCUT2D eigenvalue weighted by atomic mass is 10.1. The molecule has 2 amide bonds. The van der Waals surface area contributed by atoms with Gasteiger partial charge in [0, 0.05) is 29.9 Å². The van der Waals surface area contributed by atoms with Gasteiger partial charge in [-0.3, -0.25) is 9.59 Å². The quantitative estimate of drug-likeness (QED) is 0.582. The molecule has 2 aromatic carbocycles. The highest BCUT2D eigenvalue weighted by molar-refractivity contribution is 6.03. The van der Waals surface area contributed by atoms with Crippen LogP contribution >= 0.6 is 0 Å². The minimum absolute atomic E-state index is 0.216. The number of methoxy groups -OCH3 is 1. The van der Waals surface area contributed by atoms with E-state index in [-0.39, 0.29) is 17.6 Å². The van der Waals surface area contributed by atoms with Crippen molar-refractivity contribution >= 4 is 29.3 Å². The third-order valence-electron chi connectivity index (χ3n) is 4.60. The van der Waals surface area contributed by atoms with Crippen LogP contribution in [0.25, 0.3) is 11.8 Å². The predicted octanol–water partition coefficient (Wildman–Crippen LogP) is 4.25. The van der Waals surface area contributed by atoms with Gasteiger partial charge in [0.05, 0.1) is 24.2 Å². The molecule has 3 aromatic rings. The molecule has 3 rings (SSSR count). The molecule has 0 aliphatic heterocycles. The third-order valence-corrected chi connectivity index (χ3v) is 4.60. The highest BCUT2D eigenvalue weighted by Gasteiger charge is 2.12. The molecule has 0 saturated heterocycles. The fraction of sp³-hybridized carbons (Fsp3) is 0.174. The number of amides is 2. The van der Waals surface area contributed by atoms with Crippen molar-refractivity contribution < 1.29 is 18.7 Å². The number of hydrogen-bond acceptors (Lipinski definition) is 4. The number of aryl methyl sites for hydroxylation is 1. The SMILES string of the molecule is COc1ccc(NC(C)=O)cc1NC(=O)/C=C/c1c(C)nn(-c2ccc(F)cc2)c1C. The summed E-state index contributed by atoms with van der Waals surface area (Å²) in [5.74, 6) is -0.439. The Morgan fingerprint density at radius 1 is 1.10 bits per heavy atom. The topological polar surface area (TPSA) is 85.2 Å². The standard InChI is InChI=1S/C23H23FN4O3/c1-14-20(15(2)28(27-14)19-8-5-17(24)6-9-19)10-12-23(30)26-21-13-18(25-16(3)29)7-11-22(21)31-4/h5-13H,1-4H3,(H,25,29)(H,26,30)/b12-10+. The van der Waals surface area contributed by atoms with Gasteiger partial charge in [-0.25, -0.2) is 9.07 Å². The van der Waals surface area contributed by atoms with Crippen molar-refractivity contribution in [1.82, 2.24) is 9.78 Å². The molecule has 0 aliphatic rings. The van der Waals surface area contributed by atoms with Crippen molar-refractivity contribution in [3.05, 3.63) is 71.3 Å². The minimum atomic E-state index is -0.369. The number of aromatic nitrogens is 2. The molecule has 0 atom stereocenters. The van der Waals surface area contributed by atoms with Gasteiger partial charge in [-0.2, -0.15) is 5.10 Å². The number of benzene rings is 2. The number of rotatable bonds is 6. The van der Waals surface area contributed by atoms with Crippen molar-refractivity contribution in [2.75, 3.05) is 17.7 Å². The first-order chi connectivity index (χ1) is 14.8. The molecule has 1 heterocycles. The summed E-state index contributed by atoms with van der Waals surface area (Å²) < 4.78 is 20.2. The maximum Gasteiger partial charge on any atom is 0.248 e. The van der Waals surface area contributed by atoms with Crippen LogP contribution in [0.3, 0.4) is 0 Å². The summed E-state index contributed by atoms with van der Waals surface area (Å²) in [7, 11) is 1.50. The number of carbonyl (C=O) groups is 2. The molecule has 0 fully saturated rings. The first kappa shape index (κ1) is 21.8. The van der Waals surface area contributed by atoms with E-state index in [0.717, 1.165) is 22.6 Å². The number of halogens is 1. The van der Waals surface area contributed by atoms with E-state index in [1.54, 1.807) is 41.1 Å². The average molecular weight is 422 g/mol. The second kappa shape index (κ2) is 9.25. The van der Waals surface area contributed by atoms with Crippen LogP contribution in [0, 0.1) is 19.7 Å². The van der Waals surface area contributed by atoms with Crippen LogP contribution in [0.4, 0.5) is 15.8 Å². The van der Waals surface area contributed by atoms with Gasteiger partial charge in [0.25, 0.3) is 0 Å². The van der Waals surface area contributed by atoms with Crippen LogP contribution in [0.5, 0.6) is 5.75 Å². The number of ether oxygens (including phenoxy) is 1. The molecule has 31 heavy (non-hydrogen) atoms. The van der Waals surface area contributed by atoms with E-state index >= 15 is 0 Å². The molecule has 160 valence electrons. The lowest BCUT2D eigenvalue weighted by molar-refractivity contribution is -0.114. The monoisotopic (exact) mass is 422 g/mol. The van der Waals surface area contributed by atoms with Crippen molar-refractivity contribution in [2.45, 2.75) is 20.8 Å². The van der Waals surface area contributed by atoms with E-state index in [1.807, 2.05) is 13.8 Å². The van der Waals surface area contributed by atoms with Gasteiger partial charge in [0.2, 0.25) is 11.8 Å². The number of hydrogen-bond donors (Lipinski definition) is 2. The summed E-state index contributed by atoms with van der Waals surface area (Å²) in [5, 5.41) is 9.91. The lowest BCUT2D eigenvalue weighted by Crippen LogP contribution is -2.11. The van der Waals surface area contributed by atoms with E-state index in [0.29, 0.717) is 17.1 Å². The smallest absolute Gasteiger partial charge is 0.248 e. The molecule has 0 bridgehead atoms. The van der Waals surface area contributed by atoms with E-state index in [1.165, 1.54) is 32.2 Å². The average Bonchev–Trinajstić information content (AvgIpc) is 3.00. The van der Waals surface area contributed by atoms with E-state index < -0.39 is 0 Å². The molecule has 8 heteroatoms. The Kier molecular flexibility index (Phi) is 6.49. The van der Waals surface area contributed by atoms with Crippen LogP contribution < -0.4 is 15.4 Å². The zero-order chi connectivity index (χ0) is 22.5. The summed E-state index contributed by atoms with van der Waals surface area (Å²) in [6.07, 6.45) is 3.08. The van der Waals surface area contributed by atoms with Gasteiger partial charge in [-0.05, 0) is 62.4 Å². The van der Waals surface area contributed by atoms with Gasteiger partial charge < -0.3 is 15.4 Å². The van der Waals surface area contributed by atoms with Crippen molar-refractivity contribution in [1.29, 1.82) is 0 Å². The molecule has 1 aromatic heterocycles. The lowest BCUT2D eigenvalue weighted by Gasteiger charge is -2.11. The van der Waals surface area contributed by atoms with E-state index in [4.69, 9.17) is 4.74 Å². The maximum absolute atomic E-state index is 13.2. The molecule has 0 aliphatic carbocycles. The van der Waals surface area contributed by atoms with Crippen LogP contribution in [0.1, 0.15) is 23.9 Å². The first-order valence-electron chi connectivity index (χ1n) is 9.55. The summed E-state index contributed by atoms with van der Waals surface area (Å²) in [6, 6.07) is 11.0. The summed E-state index contributed by atoms with van der Waals surface area (Å²) in [4.78, 5) is 23.8. The number of carbonyl (C=O) groups excluding carboxylic acids is 2. The molecule has 0 saturated carbocycles. The Morgan fingerprint density at radius 2 is 1.81 bits per heavy atom. The van der Waals surface area contributed by atoms with Crippen molar-refractivity contribution in [3.63, 3.8) is 0 Å². The van der Waals surface area contributed by atoms with Crippen molar-refractivity contribution in [3.8, 4) is 11.4 Å². The van der Waals surface area contributed by atoms with E-state index in [2.05, 4.69) is 15.7 Å². The van der Waals surface area contributed by atoms with Crippen LogP contribution in [0.15, 0.2) is 48.5 Å². The third kappa shape index (κ3) is 5.16. The van der Waals surface area contributed by atoms with Crippen molar-refractivity contribution in [2.24, 2.45) is 0 Å². The van der Waals surface area contributed by atoms with Gasteiger partial charge in [-0.15, -0.1) is 0 Å². The zero-order valence-corrected chi connectivity index (χ0v) is 17.7. The largest absolute Gasteiger partial charge is 0.495 e. The zero-order valence-electron chi connectivity index (χ0n) is 17.7. The fourth-order valence-corrected chi connectivity index (χ4v) is 3.15. The minimum Gasteiger partial charge on any atom is -0.495 e. The molecule has 0 unspecified atom stereocenters. The molecule has 2 N–H and O–H groups in total. The summed E-state index contributed by atoms with van der Waals surface area (Å²) >= 11 is 0. The maximum atomic E-state index is 13.2. The number of nitrogens with zero attached hydrogens (tertiary/aromatic N) is 2. The highest BCUT2D eigenvalue weighted by Crippen LogP contribution is 2.28.